The number of esters is 1. The number of halogens is 1. The van der Waals surface area contributed by atoms with Gasteiger partial charge in [-0.15, -0.1) is 11.3 Å². The van der Waals surface area contributed by atoms with Crippen molar-refractivity contribution in [1.29, 1.82) is 0 Å². The monoisotopic (exact) mass is 440 g/mol. The standard InChI is InChI=1S/C21H17ClN4O3S/c1-13-15(20(22)26(25-13)11-14-5-3-2-4-6-14)7-8-18(27)29-12-17-23-16-9-10-30-19(16)21(28)24-17/h2-10H,11-12H2,1H3,(H,23,24,28)/b8-7+. The third kappa shape index (κ3) is 4.34. The number of aromatic nitrogens is 4. The van der Waals surface area contributed by atoms with Crippen LogP contribution in [0.5, 0.6) is 0 Å². The maximum absolute atomic E-state index is 12.1. The molecule has 0 radical (unpaired) electrons. The number of hydrogen-bond acceptors (Lipinski definition) is 6. The molecule has 0 unspecified atom stereocenters. The molecule has 1 N–H and O–H groups in total. The van der Waals surface area contributed by atoms with Crippen molar-refractivity contribution >= 4 is 45.2 Å². The van der Waals surface area contributed by atoms with Crippen molar-refractivity contribution in [1.82, 2.24) is 19.7 Å². The molecule has 0 amide bonds. The van der Waals surface area contributed by atoms with Gasteiger partial charge in [0.25, 0.3) is 5.56 Å². The van der Waals surface area contributed by atoms with Crippen molar-refractivity contribution in [3.63, 3.8) is 0 Å². The molecule has 9 heteroatoms. The minimum absolute atomic E-state index is 0.135. The fraction of sp³-hybridized carbons (Fsp3) is 0.143. The van der Waals surface area contributed by atoms with Crippen LogP contribution in [0, 0.1) is 6.92 Å². The first-order valence-electron chi connectivity index (χ1n) is 9.09. The second kappa shape index (κ2) is 8.64. The molecular weight excluding hydrogens is 424 g/mol. The minimum Gasteiger partial charge on any atom is -0.454 e. The predicted molar refractivity (Wildman–Crippen MR) is 117 cm³/mol. The van der Waals surface area contributed by atoms with E-state index in [1.807, 2.05) is 37.3 Å². The number of H-pyrrole nitrogens is 1. The molecule has 4 aromatic rings. The molecule has 0 atom stereocenters. The van der Waals surface area contributed by atoms with Crippen LogP contribution in [0.1, 0.15) is 22.6 Å². The van der Waals surface area contributed by atoms with Gasteiger partial charge in [0, 0.05) is 11.6 Å². The summed E-state index contributed by atoms with van der Waals surface area (Å²) in [6, 6.07) is 11.6. The maximum atomic E-state index is 12.1. The van der Waals surface area contributed by atoms with Gasteiger partial charge in [-0.1, -0.05) is 41.9 Å². The lowest BCUT2D eigenvalue weighted by Crippen LogP contribution is -2.12. The average molecular weight is 441 g/mol. The van der Waals surface area contributed by atoms with Crippen LogP contribution in [-0.4, -0.2) is 25.7 Å². The number of hydrogen-bond donors (Lipinski definition) is 1. The number of rotatable bonds is 6. The van der Waals surface area contributed by atoms with Crippen LogP contribution in [0.15, 0.2) is 52.6 Å². The lowest BCUT2D eigenvalue weighted by atomic mass is 10.2. The summed E-state index contributed by atoms with van der Waals surface area (Å²) >= 11 is 7.76. The summed E-state index contributed by atoms with van der Waals surface area (Å²) in [5, 5.41) is 6.67. The van der Waals surface area contributed by atoms with Crippen molar-refractivity contribution in [2.75, 3.05) is 0 Å². The summed E-state index contributed by atoms with van der Waals surface area (Å²) in [6.07, 6.45) is 2.86. The molecule has 0 fully saturated rings. The summed E-state index contributed by atoms with van der Waals surface area (Å²) in [5.74, 6) is -0.285. The first kappa shape index (κ1) is 20.1. The van der Waals surface area contributed by atoms with Gasteiger partial charge in [-0.05, 0) is 30.0 Å². The Hall–Kier alpha value is -3.23. The third-order valence-electron chi connectivity index (χ3n) is 4.39. The molecule has 4 rings (SSSR count). The fourth-order valence-corrected chi connectivity index (χ4v) is 3.97. The van der Waals surface area contributed by atoms with Crippen LogP contribution >= 0.6 is 22.9 Å². The van der Waals surface area contributed by atoms with E-state index in [4.69, 9.17) is 16.3 Å². The summed E-state index contributed by atoms with van der Waals surface area (Å²) in [6.45, 7) is 2.22. The van der Waals surface area contributed by atoms with E-state index >= 15 is 0 Å². The van der Waals surface area contributed by atoms with Crippen molar-refractivity contribution in [2.24, 2.45) is 0 Å². The van der Waals surface area contributed by atoms with Crippen LogP contribution in [-0.2, 0) is 22.7 Å². The molecular formula is C21H17ClN4O3S. The Morgan fingerprint density at radius 2 is 2.10 bits per heavy atom. The smallest absolute Gasteiger partial charge is 0.331 e. The number of thiophene rings is 1. The Morgan fingerprint density at radius 3 is 2.90 bits per heavy atom. The van der Waals surface area contributed by atoms with Crippen LogP contribution in [0.25, 0.3) is 16.3 Å². The Bertz CT molecular complexity index is 1290. The largest absolute Gasteiger partial charge is 0.454 e. The van der Waals surface area contributed by atoms with Gasteiger partial charge < -0.3 is 9.72 Å². The average Bonchev–Trinajstić information content (AvgIpc) is 3.31. The number of ether oxygens (including phenoxy) is 1. The molecule has 3 aromatic heterocycles. The first-order chi connectivity index (χ1) is 14.5. The van der Waals surface area contributed by atoms with Gasteiger partial charge in [0.05, 0.1) is 17.8 Å². The Labute approximate surface area is 180 Å². The van der Waals surface area contributed by atoms with Gasteiger partial charge >= 0.3 is 5.97 Å². The van der Waals surface area contributed by atoms with E-state index in [1.54, 1.807) is 22.2 Å². The SMILES string of the molecule is Cc1nn(Cc2ccccc2)c(Cl)c1/C=C/C(=O)OCc1nc2ccsc2c(=O)[nH]1. The molecule has 30 heavy (non-hydrogen) atoms. The summed E-state index contributed by atoms with van der Waals surface area (Å²) < 4.78 is 7.41. The highest BCUT2D eigenvalue weighted by Crippen LogP contribution is 2.22. The van der Waals surface area contributed by atoms with E-state index in [1.165, 1.54) is 17.4 Å². The lowest BCUT2D eigenvalue weighted by Gasteiger charge is -2.03. The zero-order valence-electron chi connectivity index (χ0n) is 16.0. The Balaban J connectivity index is 1.42. The minimum atomic E-state index is -0.575. The van der Waals surface area contributed by atoms with Crippen LogP contribution in [0.3, 0.4) is 0 Å². The summed E-state index contributed by atoms with van der Waals surface area (Å²) in [4.78, 5) is 31.0. The molecule has 0 saturated carbocycles. The number of benzene rings is 1. The van der Waals surface area contributed by atoms with Crippen molar-refractivity contribution in [3.8, 4) is 0 Å². The van der Waals surface area contributed by atoms with E-state index in [0.717, 1.165) is 5.56 Å². The number of nitrogens with one attached hydrogen (secondary N) is 1. The van der Waals surface area contributed by atoms with E-state index in [9.17, 15) is 9.59 Å². The zero-order chi connectivity index (χ0) is 21.1. The maximum Gasteiger partial charge on any atom is 0.331 e. The molecule has 0 aliphatic rings. The Kier molecular flexibility index (Phi) is 5.78. The topological polar surface area (TPSA) is 89.9 Å². The number of aromatic amines is 1. The van der Waals surface area contributed by atoms with Gasteiger partial charge in [0.15, 0.2) is 0 Å². The van der Waals surface area contributed by atoms with E-state index < -0.39 is 5.97 Å². The van der Waals surface area contributed by atoms with Crippen molar-refractivity contribution < 1.29 is 9.53 Å². The van der Waals surface area contributed by atoms with E-state index in [-0.39, 0.29) is 18.0 Å². The normalized spacial score (nSPS) is 11.4. The summed E-state index contributed by atoms with van der Waals surface area (Å²) in [7, 11) is 0. The van der Waals surface area contributed by atoms with Gasteiger partial charge in [-0.25, -0.2) is 14.5 Å². The molecule has 3 heterocycles. The highest BCUT2D eigenvalue weighted by Gasteiger charge is 2.12. The first-order valence-corrected chi connectivity index (χ1v) is 10.3. The lowest BCUT2D eigenvalue weighted by molar-refractivity contribution is -0.139. The molecule has 0 saturated heterocycles. The molecule has 1 aromatic carbocycles. The van der Waals surface area contributed by atoms with E-state index in [0.29, 0.717) is 33.2 Å². The van der Waals surface area contributed by atoms with E-state index in [2.05, 4.69) is 15.1 Å². The molecule has 0 aliphatic heterocycles. The quantitative estimate of drug-likeness (QED) is 0.362. The number of nitrogens with zero attached hydrogens (tertiary/aromatic N) is 3. The molecule has 0 aliphatic carbocycles. The highest BCUT2D eigenvalue weighted by molar-refractivity contribution is 7.17. The third-order valence-corrected chi connectivity index (χ3v) is 5.69. The molecule has 7 nitrogen and oxygen atoms in total. The van der Waals surface area contributed by atoms with Gasteiger partial charge in [0.2, 0.25) is 0 Å². The molecule has 0 bridgehead atoms. The van der Waals surface area contributed by atoms with Gasteiger partial charge in [0.1, 0.15) is 22.3 Å². The van der Waals surface area contributed by atoms with Crippen LogP contribution in [0.2, 0.25) is 5.15 Å². The highest BCUT2D eigenvalue weighted by atomic mass is 35.5. The molecule has 152 valence electrons. The number of carbonyl (C=O) groups is 1. The second-order valence-electron chi connectivity index (χ2n) is 6.52. The Morgan fingerprint density at radius 1 is 1.30 bits per heavy atom. The van der Waals surface area contributed by atoms with Crippen molar-refractivity contribution in [3.05, 3.63) is 86.0 Å². The predicted octanol–water partition coefficient (Wildman–Crippen LogP) is 3.95. The zero-order valence-corrected chi connectivity index (χ0v) is 17.5. The second-order valence-corrected chi connectivity index (χ2v) is 7.80. The summed E-state index contributed by atoms with van der Waals surface area (Å²) in [5.41, 5.74) is 2.76. The number of fused-ring (bicyclic) bond motifs is 1. The number of aryl methyl sites for hydroxylation is 1. The van der Waals surface area contributed by atoms with Crippen LogP contribution < -0.4 is 5.56 Å². The fourth-order valence-electron chi connectivity index (χ4n) is 2.95. The van der Waals surface area contributed by atoms with Gasteiger partial charge in [-0.3, -0.25) is 4.79 Å². The van der Waals surface area contributed by atoms with Gasteiger partial charge in [-0.2, -0.15) is 5.10 Å². The molecule has 0 spiro atoms. The number of carbonyl (C=O) groups excluding carboxylic acids is 1. The van der Waals surface area contributed by atoms with Crippen molar-refractivity contribution in [2.45, 2.75) is 20.1 Å². The van der Waals surface area contributed by atoms with Crippen LogP contribution in [0.4, 0.5) is 0 Å².